The second kappa shape index (κ2) is 10.2. The summed E-state index contributed by atoms with van der Waals surface area (Å²) in [7, 11) is 0. The van der Waals surface area contributed by atoms with Crippen LogP contribution in [0.4, 0.5) is 0 Å². The van der Waals surface area contributed by atoms with Crippen LogP contribution < -0.4 is 4.74 Å². The topological polar surface area (TPSA) is 131 Å². The first-order valence-electron chi connectivity index (χ1n) is 11.1. The molecule has 6 N–H and O–H groups in total. The lowest BCUT2D eigenvalue weighted by Gasteiger charge is -2.14. The molecule has 0 aliphatic rings. The maximum Gasteiger partial charge on any atom is 0.201 e. The fraction of sp³-hybridized carbons (Fsp3) is 0.143. The van der Waals surface area contributed by atoms with Gasteiger partial charge in [-0.15, -0.1) is 0 Å². The van der Waals surface area contributed by atoms with Crippen LogP contribution in [0.1, 0.15) is 22.3 Å². The maximum absolute atomic E-state index is 10.3. The molecule has 4 rings (SSSR count). The number of rotatable bonds is 8. The van der Waals surface area contributed by atoms with E-state index in [2.05, 4.69) is 0 Å². The zero-order valence-corrected chi connectivity index (χ0v) is 18.8. The van der Waals surface area contributed by atoms with E-state index >= 15 is 0 Å². The Labute approximate surface area is 202 Å². The van der Waals surface area contributed by atoms with E-state index in [1.165, 1.54) is 18.2 Å². The van der Waals surface area contributed by atoms with E-state index in [4.69, 9.17) is 4.74 Å². The van der Waals surface area contributed by atoms with Crippen molar-refractivity contribution in [2.75, 3.05) is 0 Å². The molecule has 0 radical (unpaired) electrons. The minimum absolute atomic E-state index is 0.0130. The Morgan fingerprint density at radius 2 is 1.20 bits per heavy atom. The summed E-state index contributed by atoms with van der Waals surface area (Å²) in [6.07, 6.45) is 2.11. The van der Waals surface area contributed by atoms with Crippen LogP contribution in [0, 0.1) is 0 Å². The molecule has 0 heterocycles. The lowest BCUT2D eigenvalue weighted by atomic mass is 10.0. The summed E-state index contributed by atoms with van der Waals surface area (Å²) < 4.78 is 5.75. The Morgan fingerprint density at radius 1 is 0.486 bits per heavy atom. The zero-order valence-electron chi connectivity index (χ0n) is 18.8. The molecule has 4 aromatic carbocycles. The summed E-state index contributed by atoms with van der Waals surface area (Å²) >= 11 is 0. The van der Waals surface area contributed by atoms with Crippen LogP contribution in [-0.4, -0.2) is 30.6 Å². The van der Waals surface area contributed by atoms with Gasteiger partial charge in [-0.1, -0.05) is 24.3 Å². The van der Waals surface area contributed by atoms with E-state index in [0.717, 1.165) is 11.1 Å². The average Bonchev–Trinajstić information content (AvgIpc) is 2.82. The summed E-state index contributed by atoms with van der Waals surface area (Å²) in [6.45, 7) is 0. The Balaban J connectivity index is 1.53. The fourth-order valence-corrected chi connectivity index (χ4v) is 3.81. The number of ether oxygens (including phenoxy) is 1. The quantitative estimate of drug-likeness (QED) is 0.192. The van der Waals surface area contributed by atoms with Gasteiger partial charge in [0.25, 0.3) is 0 Å². The molecule has 0 fully saturated rings. The van der Waals surface area contributed by atoms with E-state index in [9.17, 15) is 30.6 Å². The summed E-state index contributed by atoms with van der Waals surface area (Å²) in [4.78, 5) is 0. The molecule has 0 amide bonds. The first-order chi connectivity index (χ1) is 16.8. The molecule has 0 aliphatic heterocycles. The summed E-state index contributed by atoms with van der Waals surface area (Å²) in [5, 5.41) is 60.2. The van der Waals surface area contributed by atoms with Gasteiger partial charge in [-0.2, -0.15) is 0 Å². The van der Waals surface area contributed by atoms with E-state index in [-0.39, 0.29) is 40.2 Å². The summed E-state index contributed by atoms with van der Waals surface area (Å²) in [5.41, 5.74) is 3.08. The summed E-state index contributed by atoms with van der Waals surface area (Å²) in [5.74, 6) is -0.937. The second-order valence-electron chi connectivity index (χ2n) is 8.35. The van der Waals surface area contributed by atoms with Crippen molar-refractivity contribution in [1.29, 1.82) is 0 Å². The predicted molar refractivity (Wildman–Crippen MR) is 131 cm³/mol. The number of hydrogen-bond acceptors (Lipinski definition) is 7. The van der Waals surface area contributed by atoms with Crippen molar-refractivity contribution in [3.05, 3.63) is 95.1 Å². The van der Waals surface area contributed by atoms with Gasteiger partial charge in [0.15, 0.2) is 23.0 Å². The number of benzene rings is 4. The molecular formula is C28H26O7. The van der Waals surface area contributed by atoms with E-state index in [1.807, 2.05) is 6.07 Å². The zero-order chi connectivity index (χ0) is 24.9. The van der Waals surface area contributed by atoms with Crippen LogP contribution in [0.15, 0.2) is 72.8 Å². The van der Waals surface area contributed by atoms with Gasteiger partial charge < -0.3 is 35.4 Å². The molecular weight excluding hydrogens is 448 g/mol. The Morgan fingerprint density at radius 3 is 1.94 bits per heavy atom. The van der Waals surface area contributed by atoms with Gasteiger partial charge in [0.1, 0.15) is 17.2 Å². The normalized spacial score (nSPS) is 10.9. The highest BCUT2D eigenvalue weighted by Gasteiger charge is 2.16. The molecule has 0 bridgehead atoms. The fourth-order valence-electron chi connectivity index (χ4n) is 3.81. The largest absolute Gasteiger partial charge is 0.508 e. The highest BCUT2D eigenvalue weighted by Crippen LogP contribution is 2.43. The molecule has 0 aliphatic carbocycles. The lowest BCUT2D eigenvalue weighted by Crippen LogP contribution is -1.95. The molecule has 0 saturated carbocycles. The van der Waals surface area contributed by atoms with Gasteiger partial charge in [-0.25, -0.2) is 0 Å². The molecule has 35 heavy (non-hydrogen) atoms. The van der Waals surface area contributed by atoms with Crippen LogP contribution in [0.5, 0.6) is 46.0 Å². The molecule has 7 nitrogen and oxygen atoms in total. The number of hydrogen-bond donors (Lipinski definition) is 6. The van der Waals surface area contributed by atoms with Crippen LogP contribution in [0.2, 0.25) is 0 Å². The van der Waals surface area contributed by atoms with E-state index in [1.54, 1.807) is 48.5 Å². The van der Waals surface area contributed by atoms with Gasteiger partial charge >= 0.3 is 0 Å². The minimum atomic E-state index is -0.466. The molecule has 0 spiro atoms. The molecule has 7 heteroatoms. The highest BCUT2D eigenvalue weighted by atomic mass is 16.5. The standard InChI is InChI=1S/C28H26O7/c29-21-10-7-17(8-11-21)4-5-19-13-25(33)28(34)27(14-19)35-26-15-20(23(31)16-24(26)32)9-6-18-2-1-3-22(30)12-18/h1-3,7-8,10-16,29-34H,4-6,9H2. The molecule has 0 aromatic heterocycles. The third-order valence-electron chi connectivity index (χ3n) is 5.73. The van der Waals surface area contributed by atoms with Crippen LogP contribution in [0.3, 0.4) is 0 Å². The molecule has 0 unspecified atom stereocenters. The Kier molecular flexibility index (Phi) is 6.87. The Hall–Kier alpha value is -4.52. The first kappa shape index (κ1) is 23.6. The lowest BCUT2D eigenvalue weighted by molar-refractivity contribution is 0.359. The van der Waals surface area contributed by atoms with Crippen molar-refractivity contribution in [3.63, 3.8) is 0 Å². The van der Waals surface area contributed by atoms with Gasteiger partial charge in [-0.05, 0) is 90.4 Å². The van der Waals surface area contributed by atoms with Crippen molar-refractivity contribution in [3.8, 4) is 46.0 Å². The number of phenols is 6. The minimum Gasteiger partial charge on any atom is -0.508 e. The van der Waals surface area contributed by atoms with E-state index in [0.29, 0.717) is 36.8 Å². The second-order valence-corrected chi connectivity index (χ2v) is 8.35. The van der Waals surface area contributed by atoms with E-state index < -0.39 is 5.75 Å². The maximum atomic E-state index is 10.3. The van der Waals surface area contributed by atoms with Gasteiger partial charge in [0.2, 0.25) is 5.75 Å². The van der Waals surface area contributed by atoms with Gasteiger partial charge in [0.05, 0.1) is 0 Å². The Bertz CT molecular complexity index is 1330. The summed E-state index contributed by atoms with van der Waals surface area (Å²) in [6, 6.07) is 19.3. The number of aryl methyl sites for hydroxylation is 4. The van der Waals surface area contributed by atoms with Crippen molar-refractivity contribution in [2.24, 2.45) is 0 Å². The first-order valence-corrected chi connectivity index (χ1v) is 11.1. The van der Waals surface area contributed by atoms with Gasteiger partial charge in [-0.3, -0.25) is 0 Å². The molecule has 0 atom stereocenters. The number of aromatic hydroxyl groups is 6. The smallest absolute Gasteiger partial charge is 0.201 e. The monoisotopic (exact) mass is 474 g/mol. The SMILES string of the molecule is Oc1ccc(CCc2cc(O)c(O)c(Oc3cc(CCc4cccc(O)c4)c(O)cc3O)c2)cc1. The molecule has 0 saturated heterocycles. The molecule has 4 aromatic rings. The van der Waals surface area contributed by atoms with Gasteiger partial charge in [0, 0.05) is 6.07 Å². The van der Waals surface area contributed by atoms with Crippen LogP contribution in [-0.2, 0) is 25.7 Å². The van der Waals surface area contributed by atoms with Crippen LogP contribution >= 0.6 is 0 Å². The van der Waals surface area contributed by atoms with Crippen molar-refractivity contribution in [2.45, 2.75) is 25.7 Å². The van der Waals surface area contributed by atoms with Crippen molar-refractivity contribution in [1.82, 2.24) is 0 Å². The predicted octanol–water partition coefficient (Wildman–Crippen LogP) is 5.28. The van der Waals surface area contributed by atoms with Crippen molar-refractivity contribution < 1.29 is 35.4 Å². The average molecular weight is 475 g/mol. The van der Waals surface area contributed by atoms with Crippen molar-refractivity contribution >= 4 is 0 Å². The third-order valence-corrected chi connectivity index (χ3v) is 5.73. The number of phenolic OH excluding ortho intramolecular Hbond substituents is 6. The highest BCUT2D eigenvalue weighted by molar-refractivity contribution is 5.56. The third kappa shape index (κ3) is 5.89. The van der Waals surface area contributed by atoms with Crippen LogP contribution in [0.25, 0.3) is 0 Å². The molecule has 180 valence electrons.